The van der Waals surface area contributed by atoms with Crippen molar-refractivity contribution in [3.63, 3.8) is 0 Å². The number of benzene rings is 1. The van der Waals surface area contributed by atoms with Gasteiger partial charge in [0.25, 0.3) is 0 Å². The number of nitrogens with one attached hydrogen (secondary N) is 3. The molecule has 0 saturated carbocycles. The van der Waals surface area contributed by atoms with Crippen LogP contribution in [-0.2, 0) is 9.59 Å². The highest BCUT2D eigenvalue weighted by atomic mass is 35.5. The van der Waals surface area contributed by atoms with Gasteiger partial charge in [0.1, 0.15) is 0 Å². The highest BCUT2D eigenvalue weighted by Gasteiger charge is 2.25. The van der Waals surface area contributed by atoms with E-state index in [9.17, 15) is 9.59 Å². The third-order valence-corrected chi connectivity index (χ3v) is 4.06. The first-order valence-electron chi connectivity index (χ1n) is 7.87. The molecule has 2 amide bonds. The number of hydrogen-bond donors (Lipinski definition) is 3. The van der Waals surface area contributed by atoms with Gasteiger partial charge >= 0.3 is 0 Å². The molecule has 1 fully saturated rings. The molecule has 6 heteroatoms. The van der Waals surface area contributed by atoms with Crippen LogP contribution >= 0.6 is 12.4 Å². The Bertz CT molecular complexity index is 550. The zero-order valence-corrected chi connectivity index (χ0v) is 14.7. The maximum atomic E-state index is 12.4. The highest BCUT2D eigenvalue weighted by Crippen LogP contribution is 2.20. The van der Waals surface area contributed by atoms with Gasteiger partial charge in [-0.05, 0) is 50.9 Å². The van der Waals surface area contributed by atoms with Gasteiger partial charge in [0.15, 0.2) is 0 Å². The number of carbonyl (C=O) groups is 2. The van der Waals surface area contributed by atoms with Gasteiger partial charge in [-0.15, -0.1) is 12.4 Å². The second-order valence-electron chi connectivity index (χ2n) is 6.11. The maximum absolute atomic E-state index is 12.4. The van der Waals surface area contributed by atoms with Crippen molar-refractivity contribution in [2.24, 2.45) is 5.92 Å². The molecule has 1 aliphatic rings. The standard InChI is InChI=1S/C17H25N3O2.ClH/c1-11-9-15(7-8-18-11)17(22)19-12(2)14-5-4-6-16(10-14)20-13(3)21;/h4-6,10-12,15,18H,7-9H2,1-3H3,(H,19,22)(H,20,21);1H/t11-,12?,15-;/m0./s1. The molecule has 1 saturated heterocycles. The van der Waals surface area contributed by atoms with Gasteiger partial charge in [-0.2, -0.15) is 0 Å². The number of halogens is 1. The molecule has 2 rings (SSSR count). The predicted octanol–water partition coefficient (Wildman–Crippen LogP) is 2.63. The largest absolute Gasteiger partial charge is 0.349 e. The van der Waals surface area contributed by atoms with E-state index in [1.165, 1.54) is 6.92 Å². The molecule has 5 nitrogen and oxygen atoms in total. The molecule has 3 atom stereocenters. The quantitative estimate of drug-likeness (QED) is 0.789. The van der Waals surface area contributed by atoms with Crippen molar-refractivity contribution in [1.29, 1.82) is 0 Å². The van der Waals surface area contributed by atoms with E-state index in [4.69, 9.17) is 0 Å². The van der Waals surface area contributed by atoms with Gasteiger partial charge in [-0.1, -0.05) is 12.1 Å². The van der Waals surface area contributed by atoms with Gasteiger partial charge in [0.2, 0.25) is 11.8 Å². The van der Waals surface area contributed by atoms with E-state index in [2.05, 4.69) is 22.9 Å². The minimum atomic E-state index is -0.0995. The van der Waals surface area contributed by atoms with E-state index in [-0.39, 0.29) is 36.2 Å². The Morgan fingerprint density at radius 1 is 1.35 bits per heavy atom. The second kappa shape index (κ2) is 8.89. The number of anilines is 1. The SMILES string of the molecule is CC(=O)Nc1cccc(C(C)NC(=O)[C@H]2CCN[C@@H](C)C2)c1.Cl. The van der Waals surface area contributed by atoms with Crippen molar-refractivity contribution < 1.29 is 9.59 Å². The lowest BCUT2D eigenvalue weighted by molar-refractivity contribution is -0.126. The van der Waals surface area contributed by atoms with Crippen molar-refractivity contribution in [2.45, 2.75) is 45.7 Å². The molecule has 0 aliphatic carbocycles. The maximum Gasteiger partial charge on any atom is 0.223 e. The third kappa shape index (κ3) is 5.84. The molecule has 128 valence electrons. The number of carbonyl (C=O) groups excluding carboxylic acids is 2. The normalized spacial score (nSPS) is 21.7. The summed E-state index contributed by atoms with van der Waals surface area (Å²) in [5.74, 6) is 0.0977. The average Bonchev–Trinajstić information content (AvgIpc) is 2.46. The molecular weight excluding hydrogens is 314 g/mol. The van der Waals surface area contributed by atoms with Gasteiger partial charge in [0.05, 0.1) is 6.04 Å². The van der Waals surface area contributed by atoms with Crippen molar-refractivity contribution in [2.75, 3.05) is 11.9 Å². The zero-order valence-electron chi connectivity index (χ0n) is 13.9. The van der Waals surface area contributed by atoms with E-state index in [0.29, 0.717) is 6.04 Å². The fourth-order valence-electron chi connectivity index (χ4n) is 2.87. The third-order valence-electron chi connectivity index (χ3n) is 4.06. The van der Waals surface area contributed by atoms with Crippen LogP contribution in [0.4, 0.5) is 5.69 Å². The summed E-state index contributed by atoms with van der Waals surface area (Å²) in [6, 6.07) is 7.90. The Balaban J connectivity index is 0.00000264. The molecule has 0 spiro atoms. The minimum absolute atomic E-state index is 0. The van der Waals surface area contributed by atoms with E-state index in [1.54, 1.807) is 0 Å². The topological polar surface area (TPSA) is 70.2 Å². The summed E-state index contributed by atoms with van der Waals surface area (Å²) < 4.78 is 0. The number of amides is 2. The summed E-state index contributed by atoms with van der Waals surface area (Å²) in [6.07, 6.45) is 1.76. The highest BCUT2D eigenvalue weighted by molar-refractivity contribution is 5.88. The first-order valence-corrected chi connectivity index (χ1v) is 7.87. The molecule has 23 heavy (non-hydrogen) atoms. The van der Waals surface area contributed by atoms with Crippen LogP contribution in [0.25, 0.3) is 0 Å². The van der Waals surface area contributed by atoms with E-state index < -0.39 is 0 Å². The Morgan fingerprint density at radius 2 is 2.09 bits per heavy atom. The lowest BCUT2D eigenvalue weighted by Gasteiger charge is -2.28. The second-order valence-corrected chi connectivity index (χ2v) is 6.11. The average molecular weight is 340 g/mol. The first-order chi connectivity index (χ1) is 10.5. The molecule has 0 radical (unpaired) electrons. The van der Waals surface area contributed by atoms with E-state index in [1.807, 2.05) is 31.2 Å². The van der Waals surface area contributed by atoms with Crippen molar-refractivity contribution in [1.82, 2.24) is 10.6 Å². The smallest absolute Gasteiger partial charge is 0.223 e. The number of hydrogen-bond acceptors (Lipinski definition) is 3. The molecule has 1 unspecified atom stereocenters. The van der Waals surface area contributed by atoms with Crippen LogP contribution in [0.15, 0.2) is 24.3 Å². The summed E-state index contributed by atoms with van der Waals surface area (Å²) >= 11 is 0. The van der Waals surface area contributed by atoms with Crippen LogP contribution in [0.1, 0.15) is 45.2 Å². The van der Waals surface area contributed by atoms with Gasteiger partial charge in [-0.25, -0.2) is 0 Å². The fourth-order valence-corrected chi connectivity index (χ4v) is 2.87. The number of piperidine rings is 1. The lowest BCUT2D eigenvalue weighted by atomic mass is 9.92. The molecule has 1 aromatic rings. The summed E-state index contributed by atoms with van der Waals surface area (Å²) in [5.41, 5.74) is 1.74. The zero-order chi connectivity index (χ0) is 16.1. The Kier molecular flexibility index (Phi) is 7.52. The van der Waals surface area contributed by atoms with Gasteiger partial charge in [-0.3, -0.25) is 9.59 Å². The monoisotopic (exact) mass is 339 g/mol. The van der Waals surface area contributed by atoms with Crippen molar-refractivity contribution in [3.8, 4) is 0 Å². The predicted molar refractivity (Wildman–Crippen MR) is 94.7 cm³/mol. The summed E-state index contributed by atoms with van der Waals surface area (Å²) in [5, 5.41) is 9.21. The fraction of sp³-hybridized carbons (Fsp3) is 0.529. The molecular formula is C17H26ClN3O2. The molecule has 1 aromatic carbocycles. The number of rotatable bonds is 4. The van der Waals surface area contributed by atoms with Gasteiger partial charge in [0, 0.05) is 24.6 Å². The van der Waals surface area contributed by atoms with Crippen molar-refractivity contribution in [3.05, 3.63) is 29.8 Å². The van der Waals surface area contributed by atoms with Gasteiger partial charge < -0.3 is 16.0 Å². The Morgan fingerprint density at radius 3 is 2.74 bits per heavy atom. The van der Waals surface area contributed by atoms with Crippen LogP contribution in [0.5, 0.6) is 0 Å². The van der Waals surface area contributed by atoms with Crippen LogP contribution in [0.3, 0.4) is 0 Å². The minimum Gasteiger partial charge on any atom is -0.349 e. The van der Waals surface area contributed by atoms with Crippen LogP contribution in [-0.4, -0.2) is 24.4 Å². The lowest BCUT2D eigenvalue weighted by Crippen LogP contribution is -2.42. The van der Waals surface area contributed by atoms with Crippen LogP contribution in [0, 0.1) is 5.92 Å². The van der Waals surface area contributed by atoms with Crippen molar-refractivity contribution >= 4 is 29.9 Å². The van der Waals surface area contributed by atoms with Crippen LogP contribution < -0.4 is 16.0 Å². The summed E-state index contributed by atoms with van der Waals surface area (Å²) in [7, 11) is 0. The molecule has 0 aromatic heterocycles. The van der Waals surface area contributed by atoms with Crippen LogP contribution in [0.2, 0.25) is 0 Å². The molecule has 3 N–H and O–H groups in total. The summed E-state index contributed by atoms with van der Waals surface area (Å²) in [4.78, 5) is 23.5. The first kappa shape index (κ1) is 19.5. The van der Waals surface area contributed by atoms with E-state index in [0.717, 1.165) is 30.6 Å². The molecule has 1 aliphatic heterocycles. The molecule has 0 bridgehead atoms. The summed E-state index contributed by atoms with van der Waals surface area (Å²) in [6.45, 7) is 6.46. The Labute approximate surface area is 144 Å². The molecule has 1 heterocycles. The Hall–Kier alpha value is -1.59. The van der Waals surface area contributed by atoms with E-state index >= 15 is 0 Å².